The number of halogens is 2. The van der Waals surface area contributed by atoms with E-state index in [1.165, 1.54) is 35.2 Å². The lowest BCUT2D eigenvalue weighted by molar-refractivity contribution is 0.0388. The minimum Gasteiger partial charge on any atom is -0.379 e. The third kappa shape index (κ3) is 6.45. The quantitative estimate of drug-likeness (QED) is 0.285. The number of hydrogen-bond donors (Lipinski definition) is 2. The lowest BCUT2D eigenvalue weighted by Crippen LogP contribution is -2.42. The van der Waals surface area contributed by atoms with E-state index in [-0.39, 0.29) is 24.3 Å². The van der Waals surface area contributed by atoms with Gasteiger partial charge in [-0.3, -0.25) is 10.2 Å². The number of morpholine rings is 1. The summed E-state index contributed by atoms with van der Waals surface area (Å²) in [5, 5.41) is 20.0. The summed E-state index contributed by atoms with van der Waals surface area (Å²) in [5.41, 5.74) is 2.90. The van der Waals surface area contributed by atoms with Crippen molar-refractivity contribution >= 4 is 62.5 Å². The van der Waals surface area contributed by atoms with Crippen LogP contribution in [0.3, 0.4) is 0 Å². The second-order valence-corrected chi connectivity index (χ2v) is 10.6. The molecule has 2 N–H and O–H groups in total. The van der Waals surface area contributed by atoms with E-state index in [1.807, 2.05) is 30.3 Å². The molecular weight excluding hydrogens is 563 g/mol. The number of thiazole rings is 1. The number of urea groups is 1. The largest absolute Gasteiger partial charge is 0.379 e. The molecule has 4 heterocycles. The van der Waals surface area contributed by atoms with Crippen LogP contribution in [0.4, 0.5) is 14.3 Å². The summed E-state index contributed by atoms with van der Waals surface area (Å²) in [6.45, 7) is 4.59. The maximum absolute atomic E-state index is 13.3. The minimum atomic E-state index is -0.295. The van der Waals surface area contributed by atoms with Crippen LogP contribution in [0, 0.1) is 5.82 Å². The van der Waals surface area contributed by atoms with Crippen molar-refractivity contribution in [3.05, 3.63) is 60.4 Å². The highest BCUT2D eigenvalue weighted by Gasteiger charge is 2.14. The van der Waals surface area contributed by atoms with Crippen LogP contribution in [0.2, 0.25) is 0 Å². The van der Waals surface area contributed by atoms with Gasteiger partial charge in [0.05, 0.1) is 29.1 Å². The molecule has 0 unspecified atom stereocenters. The van der Waals surface area contributed by atoms with E-state index in [0.29, 0.717) is 28.2 Å². The highest BCUT2D eigenvalue weighted by molar-refractivity contribution is 7.99. The fourth-order valence-electron chi connectivity index (χ4n) is 4.03. The van der Waals surface area contributed by atoms with Crippen LogP contribution in [-0.2, 0) is 4.74 Å². The van der Waals surface area contributed by atoms with Crippen LogP contribution in [0.1, 0.15) is 0 Å². The summed E-state index contributed by atoms with van der Waals surface area (Å²) in [6.07, 6.45) is 0. The number of hydrogen-bond acceptors (Lipinski definition) is 9. The molecule has 3 aromatic heterocycles. The molecule has 39 heavy (non-hydrogen) atoms. The highest BCUT2D eigenvalue weighted by atomic mass is 35.5. The molecule has 0 atom stereocenters. The maximum atomic E-state index is 13.3. The average molecular weight is 587 g/mol. The van der Waals surface area contributed by atoms with Gasteiger partial charge in [-0.15, -0.1) is 22.6 Å². The van der Waals surface area contributed by atoms with Crippen molar-refractivity contribution in [2.75, 3.05) is 44.7 Å². The number of ether oxygens (including phenoxy) is 1. The predicted octanol–water partition coefficient (Wildman–Crippen LogP) is 4.57. The topological polar surface area (TPSA) is 110 Å². The standard InChI is InChI=1S/C25H23FN8O2S2.ClH/c26-17-3-1-16(2-4-17)19-7-8-22-30-31-25(34(22)32-19)37-18-5-6-20-21(15-18)38-24(28-20)29-23(35)27-9-10-33-11-13-36-14-12-33;/h1-8,15H,9-14H2,(H2,27,28,29,35);1H. The van der Waals surface area contributed by atoms with E-state index in [2.05, 4.69) is 35.8 Å². The van der Waals surface area contributed by atoms with E-state index in [0.717, 1.165) is 53.5 Å². The average Bonchev–Trinajstić information content (AvgIpc) is 3.52. The van der Waals surface area contributed by atoms with Crippen LogP contribution in [0.5, 0.6) is 0 Å². The molecule has 0 saturated carbocycles. The lowest BCUT2D eigenvalue weighted by Gasteiger charge is -2.26. The first-order chi connectivity index (χ1) is 18.6. The number of fused-ring (bicyclic) bond motifs is 2. The van der Waals surface area contributed by atoms with Crippen molar-refractivity contribution < 1.29 is 13.9 Å². The van der Waals surface area contributed by atoms with Crippen LogP contribution in [0.15, 0.2) is 64.6 Å². The van der Waals surface area contributed by atoms with Crippen LogP contribution >= 0.6 is 35.5 Å². The Kier molecular flexibility index (Phi) is 8.53. The molecule has 14 heteroatoms. The Labute approximate surface area is 237 Å². The molecule has 202 valence electrons. The van der Waals surface area contributed by atoms with E-state index >= 15 is 0 Å². The monoisotopic (exact) mass is 586 g/mol. The predicted molar refractivity (Wildman–Crippen MR) is 151 cm³/mol. The minimum absolute atomic E-state index is 0. The first kappa shape index (κ1) is 27.2. The molecule has 1 fully saturated rings. The first-order valence-corrected chi connectivity index (χ1v) is 13.7. The van der Waals surface area contributed by atoms with Gasteiger partial charge in [-0.1, -0.05) is 11.3 Å². The van der Waals surface area contributed by atoms with Crippen molar-refractivity contribution in [3.63, 3.8) is 0 Å². The molecular formula is C25H24ClFN8O2S2. The Morgan fingerprint density at radius 2 is 1.90 bits per heavy atom. The zero-order chi connectivity index (χ0) is 25.9. The Morgan fingerprint density at radius 1 is 1.08 bits per heavy atom. The number of nitrogens with zero attached hydrogens (tertiary/aromatic N) is 6. The third-order valence-electron chi connectivity index (χ3n) is 5.98. The van der Waals surface area contributed by atoms with Gasteiger partial charge in [0, 0.05) is 36.6 Å². The maximum Gasteiger partial charge on any atom is 0.321 e. The van der Waals surface area contributed by atoms with Gasteiger partial charge in [0.1, 0.15) is 5.82 Å². The zero-order valence-electron chi connectivity index (χ0n) is 20.5. The summed E-state index contributed by atoms with van der Waals surface area (Å²) in [4.78, 5) is 20.1. The van der Waals surface area contributed by atoms with Gasteiger partial charge in [0.25, 0.3) is 0 Å². The van der Waals surface area contributed by atoms with Gasteiger partial charge < -0.3 is 10.1 Å². The summed E-state index contributed by atoms with van der Waals surface area (Å²) in [5.74, 6) is -0.295. The van der Waals surface area contributed by atoms with Gasteiger partial charge in [0.2, 0.25) is 5.16 Å². The second-order valence-electron chi connectivity index (χ2n) is 8.56. The molecule has 5 aromatic rings. The third-order valence-corrected chi connectivity index (χ3v) is 7.84. The number of carbonyl (C=O) groups is 1. The molecule has 2 aromatic carbocycles. The van der Waals surface area contributed by atoms with Crippen molar-refractivity contribution in [1.29, 1.82) is 0 Å². The number of rotatable bonds is 7. The van der Waals surface area contributed by atoms with Crippen molar-refractivity contribution in [3.8, 4) is 11.3 Å². The molecule has 0 spiro atoms. The summed E-state index contributed by atoms with van der Waals surface area (Å²) >= 11 is 2.83. The van der Waals surface area contributed by atoms with E-state index in [9.17, 15) is 9.18 Å². The Hall–Kier alpha value is -3.36. The molecule has 2 amide bonds. The molecule has 6 rings (SSSR count). The first-order valence-electron chi connectivity index (χ1n) is 12.0. The van der Waals surface area contributed by atoms with Crippen molar-refractivity contribution in [1.82, 2.24) is 35.0 Å². The van der Waals surface area contributed by atoms with Gasteiger partial charge >= 0.3 is 6.03 Å². The van der Waals surface area contributed by atoms with E-state index < -0.39 is 0 Å². The smallest absolute Gasteiger partial charge is 0.321 e. The van der Waals surface area contributed by atoms with Crippen molar-refractivity contribution in [2.24, 2.45) is 0 Å². The molecule has 0 aliphatic carbocycles. The van der Waals surface area contributed by atoms with Crippen molar-refractivity contribution in [2.45, 2.75) is 10.1 Å². The fraction of sp³-hybridized carbons (Fsp3) is 0.240. The normalized spacial score (nSPS) is 13.9. The number of benzene rings is 2. The molecule has 1 aliphatic heterocycles. The summed E-state index contributed by atoms with van der Waals surface area (Å²) in [7, 11) is 0. The SMILES string of the molecule is Cl.O=C(NCCN1CCOCC1)Nc1nc2ccc(Sc3nnc4ccc(-c5ccc(F)cc5)nn34)cc2s1. The van der Waals surface area contributed by atoms with E-state index in [4.69, 9.17) is 4.74 Å². The zero-order valence-corrected chi connectivity index (χ0v) is 23.0. The second kappa shape index (κ2) is 12.2. The van der Waals surface area contributed by atoms with Crippen LogP contribution < -0.4 is 10.6 Å². The summed E-state index contributed by atoms with van der Waals surface area (Å²) in [6, 6.07) is 15.5. The summed E-state index contributed by atoms with van der Waals surface area (Å²) < 4.78 is 21.3. The molecule has 1 aliphatic rings. The Bertz CT molecular complexity index is 1590. The van der Waals surface area contributed by atoms with E-state index in [1.54, 1.807) is 16.6 Å². The highest BCUT2D eigenvalue weighted by Crippen LogP contribution is 2.33. The number of amides is 2. The lowest BCUT2D eigenvalue weighted by atomic mass is 10.1. The van der Waals surface area contributed by atoms with Crippen LogP contribution in [-0.4, -0.2) is 75.1 Å². The Morgan fingerprint density at radius 3 is 2.72 bits per heavy atom. The number of nitrogens with one attached hydrogen (secondary N) is 2. The van der Waals surface area contributed by atoms with Gasteiger partial charge in [0.15, 0.2) is 10.8 Å². The van der Waals surface area contributed by atoms with Crippen LogP contribution in [0.25, 0.3) is 27.1 Å². The molecule has 0 radical (unpaired) electrons. The molecule has 10 nitrogen and oxygen atoms in total. The van der Waals surface area contributed by atoms with Gasteiger partial charge in [-0.2, -0.15) is 9.61 Å². The molecule has 1 saturated heterocycles. The van der Waals surface area contributed by atoms with Gasteiger partial charge in [-0.25, -0.2) is 14.2 Å². The Balaban J connectivity index is 0.00000308. The van der Waals surface area contributed by atoms with Gasteiger partial charge in [-0.05, 0) is 66.4 Å². The fourth-order valence-corrected chi connectivity index (χ4v) is 5.83. The number of anilines is 1. The number of aromatic nitrogens is 5. The molecule has 0 bridgehead atoms. The number of carbonyl (C=O) groups excluding carboxylic acids is 1.